The minimum absolute atomic E-state index is 0.0960. The number of methoxy groups -OCH3 is 1. The summed E-state index contributed by atoms with van der Waals surface area (Å²) in [5.41, 5.74) is 1.13. The summed E-state index contributed by atoms with van der Waals surface area (Å²) in [6.07, 6.45) is 3.14. The van der Waals surface area contributed by atoms with Crippen LogP contribution >= 0.6 is 0 Å². The summed E-state index contributed by atoms with van der Waals surface area (Å²) in [6.45, 7) is 3.77. The van der Waals surface area contributed by atoms with Gasteiger partial charge in [-0.25, -0.2) is 0 Å². The van der Waals surface area contributed by atoms with Gasteiger partial charge >= 0.3 is 0 Å². The quantitative estimate of drug-likeness (QED) is 0.848. The Morgan fingerprint density at radius 1 is 1.41 bits per heavy atom. The van der Waals surface area contributed by atoms with Gasteiger partial charge in [0.1, 0.15) is 11.5 Å². The molecule has 1 aliphatic rings. The van der Waals surface area contributed by atoms with Crippen LogP contribution in [0.4, 0.5) is 0 Å². The summed E-state index contributed by atoms with van der Waals surface area (Å²) in [6, 6.07) is 8.16. The zero-order valence-corrected chi connectivity index (χ0v) is 10.4. The number of hydrogen-bond donors (Lipinski definition) is 1. The highest BCUT2D eigenvalue weighted by atomic mass is 16.5. The average molecular weight is 233 g/mol. The lowest BCUT2D eigenvalue weighted by Crippen LogP contribution is -2.23. The molecular formula is C14H19NO2. The molecular weight excluding hydrogens is 214 g/mol. The van der Waals surface area contributed by atoms with Crippen LogP contribution in [0.15, 0.2) is 36.1 Å². The third-order valence-electron chi connectivity index (χ3n) is 2.87. The molecule has 3 nitrogen and oxygen atoms in total. The van der Waals surface area contributed by atoms with Crippen LogP contribution in [0.1, 0.15) is 24.9 Å². The minimum Gasteiger partial charge on any atom is -0.496 e. The Hall–Kier alpha value is -1.48. The van der Waals surface area contributed by atoms with Crippen molar-refractivity contribution in [2.45, 2.75) is 19.4 Å². The number of benzene rings is 1. The second-order valence-electron chi connectivity index (χ2n) is 3.98. The molecule has 1 aromatic rings. The van der Waals surface area contributed by atoms with Gasteiger partial charge < -0.3 is 14.8 Å². The Balaban J connectivity index is 2.31. The fourth-order valence-corrected chi connectivity index (χ4v) is 2.11. The van der Waals surface area contributed by atoms with E-state index in [1.54, 1.807) is 7.11 Å². The van der Waals surface area contributed by atoms with E-state index in [-0.39, 0.29) is 6.04 Å². The molecule has 0 fully saturated rings. The van der Waals surface area contributed by atoms with Gasteiger partial charge in [0.15, 0.2) is 0 Å². The van der Waals surface area contributed by atoms with Crippen molar-refractivity contribution in [1.82, 2.24) is 5.32 Å². The molecule has 0 amide bonds. The van der Waals surface area contributed by atoms with Crippen molar-refractivity contribution < 1.29 is 9.47 Å². The summed E-state index contributed by atoms with van der Waals surface area (Å²) in [5, 5.41) is 3.44. The largest absolute Gasteiger partial charge is 0.496 e. The van der Waals surface area contributed by atoms with E-state index in [0.717, 1.165) is 36.6 Å². The van der Waals surface area contributed by atoms with E-state index < -0.39 is 0 Å². The lowest BCUT2D eigenvalue weighted by molar-refractivity contribution is 0.214. The molecule has 1 heterocycles. The third kappa shape index (κ3) is 2.61. The maximum Gasteiger partial charge on any atom is 0.124 e. The summed E-state index contributed by atoms with van der Waals surface area (Å²) in [4.78, 5) is 0. The second-order valence-corrected chi connectivity index (χ2v) is 3.98. The van der Waals surface area contributed by atoms with E-state index in [1.165, 1.54) is 0 Å². The van der Waals surface area contributed by atoms with Gasteiger partial charge in [-0.15, -0.1) is 0 Å². The Morgan fingerprint density at radius 3 is 2.88 bits per heavy atom. The molecule has 0 saturated heterocycles. The minimum atomic E-state index is 0.0960. The standard InChI is InChI=1S/C14H19NO2/c1-3-15-14(13-9-6-10-17-13)11-7-4-5-8-12(11)16-2/h4-5,7-9,14-15H,3,6,10H2,1-2H3. The van der Waals surface area contributed by atoms with Crippen LogP contribution < -0.4 is 10.1 Å². The molecule has 1 unspecified atom stereocenters. The van der Waals surface area contributed by atoms with E-state index in [9.17, 15) is 0 Å². The fourth-order valence-electron chi connectivity index (χ4n) is 2.11. The Kier molecular flexibility index (Phi) is 4.04. The molecule has 1 aromatic carbocycles. The first-order valence-corrected chi connectivity index (χ1v) is 6.06. The number of nitrogens with one attached hydrogen (secondary N) is 1. The lowest BCUT2D eigenvalue weighted by atomic mass is 10.0. The van der Waals surface area contributed by atoms with Crippen LogP contribution in [-0.4, -0.2) is 20.3 Å². The molecule has 0 radical (unpaired) electrons. The molecule has 0 bridgehead atoms. The third-order valence-corrected chi connectivity index (χ3v) is 2.87. The summed E-state index contributed by atoms with van der Waals surface area (Å²) >= 11 is 0. The highest BCUT2D eigenvalue weighted by Crippen LogP contribution is 2.32. The molecule has 3 heteroatoms. The Morgan fingerprint density at radius 2 is 2.24 bits per heavy atom. The molecule has 0 aliphatic carbocycles. The zero-order chi connectivity index (χ0) is 12.1. The maximum atomic E-state index is 5.66. The number of likely N-dealkylation sites (N-methyl/N-ethyl adjacent to an activating group) is 1. The predicted molar refractivity (Wildman–Crippen MR) is 68.1 cm³/mol. The van der Waals surface area contributed by atoms with Crippen molar-refractivity contribution in [2.24, 2.45) is 0 Å². The van der Waals surface area contributed by atoms with E-state index in [0.29, 0.717) is 0 Å². The Bertz CT molecular complexity index is 401. The first-order valence-electron chi connectivity index (χ1n) is 6.06. The summed E-state index contributed by atoms with van der Waals surface area (Å²) < 4.78 is 11.1. The van der Waals surface area contributed by atoms with E-state index in [2.05, 4.69) is 24.4 Å². The molecule has 17 heavy (non-hydrogen) atoms. The number of ether oxygens (including phenoxy) is 2. The molecule has 0 aromatic heterocycles. The van der Waals surface area contributed by atoms with Crippen molar-refractivity contribution in [3.05, 3.63) is 41.7 Å². The van der Waals surface area contributed by atoms with Crippen LogP contribution in [0.25, 0.3) is 0 Å². The van der Waals surface area contributed by atoms with Crippen LogP contribution in [0.5, 0.6) is 5.75 Å². The second kappa shape index (κ2) is 5.73. The van der Waals surface area contributed by atoms with Gasteiger partial charge in [0, 0.05) is 12.0 Å². The summed E-state index contributed by atoms with van der Waals surface area (Å²) in [7, 11) is 1.70. The summed E-state index contributed by atoms with van der Waals surface area (Å²) in [5.74, 6) is 1.91. The van der Waals surface area contributed by atoms with Gasteiger partial charge in [0.05, 0.1) is 19.8 Å². The number of para-hydroxylation sites is 1. The lowest BCUT2D eigenvalue weighted by Gasteiger charge is -2.21. The molecule has 2 rings (SSSR count). The van der Waals surface area contributed by atoms with Crippen molar-refractivity contribution in [3.8, 4) is 5.75 Å². The topological polar surface area (TPSA) is 30.5 Å². The molecule has 1 N–H and O–H groups in total. The zero-order valence-electron chi connectivity index (χ0n) is 10.4. The van der Waals surface area contributed by atoms with E-state index >= 15 is 0 Å². The molecule has 0 spiro atoms. The van der Waals surface area contributed by atoms with Crippen molar-refractivity contribution >= 4 is 0 Å². The van der Waals surface area contributed by atoms with Gasteiger partial charge in [-0.2, -0.15) is 0 Å². The van der Waals surface area contributed by atoms with Crippen LogP contribution in [0, 0.1) is 0 Å². The van der Waals surface area contributed by atoms with E-state index in [1.807, 2.05) is 18.2 Å². The molecule has 1 atom stereocenters. The van der Waals surface area contributed by atoms with Crippen LogP contribution in [0.2, 0.25) is 0 Å². The van der Waals surface area contributed by atoms with Crippen LogP contribution in [-0.2, 0) is 4.74 Å². The highest BCUT2D eigenvalue weighted by molar-refractivity contribution is 5.39. The van der Waals surface area contributed by atoms with Crippen molar-refractivity contribution in [2.75, 3.05) is 20.3 Å². The van der Waals surface area contributed by atoms with Gasteiger partial charge in [-0.05, 0) is 18.7 Å². The van der Waals surface area contributed by atoms with Gasteiger partial charge in [-0.1, -0.05) is 25.1 Å². The SMILES string of the molecule is CCNC(C1=CCCO1)c1ccccc1OC. The smallest absolute Gasteiger partial charge is 0.124 e. The highest BCUT2D eigenvalue weighted by Gasteiger charge is 2.22. The van der Waals surface area contributed by atoms with E-state index in [4.69, 9.17) is 9.47 Å². The normalized spacial score (nSPS) is 16.2. The van der Waals surface area contributed by atoms with Gasteiger partial charge in [0.2, 0.25) is 0 Å². The number of rotatable bonds is 5. The number of hydrogen-bond acceptors (Lipinski definition) is 3. The molecule has 92 valence electrons. The van der Waals surface area contributed by atoms with Gasteiger partial charge in [-0.3, -0.25) is 0 Å². The van der Waals surface area contributed by atoms with Gasteiger partial charge in [0.25, 0.3) is 0 Å². The molecule has 0 saturated carbocycles. The first kappa shape index (κ1) is 12.0. The maximum absolute atomic E-state index is 5.66. The monoisotopic (exact) mass is 233 g/mol. The Labute approximate surface area is 102 Å². The average Bonchev–Trinajstić information content (AvgIpc) is 2.89. The molecule has 1 aliphatic heterocycles. The first-order chi connectivity index (χ1) is 8.36. The van der Waals surface area contributed by atoms with Crippen molar-refractivity contribution in [3.63, 3.8) is 0 Å². The fraction of sp³-hybridized carbons (Fsp3) is 0.429. The van der Waals surface area contributed by atoms with Crippen LogP contribution in [0.3, 0.4) is 0 Å². The van der Waals surface area contributed by atoms with Crippen molar-refractivity contribution in [1.29, 1.82) is 0 Å². The predicted octanol–water partition coefficient (Wildman–Crippen LogP) is 2.65.